The third kappa shape index (κ3) is 5.47. The van der Waals surface area contributed by atoms with E-state index in [1.54, 1.807) is 0 Å². The van der Waals surface area contributed by atoms with Gasteiger partial charge < -0.3 is 4.74 Å². The lowest BCUT2D eigenvalue weighted by molar-refractivity contribution is -0.123. The lowest BCUT2D eigenvalue weighted by Gasteiger charge is -2.11. The number of carbonyl (C=O) groups excluding carboxylic acids is 2. The average molecular weight is 462 g/mol. The van der Waals surface area contributed by atoms with Crippen LogP contribution in [0.3, 0.4) is 0 Å². The molecule has 0 aliphatic carbocycles. The summed E-state index contributed by atoms with van der Waals surface area (Å²) < 4.78 is 6.34. The number of hydrogen-bond acceptors (Lipinski definition) is 5. The number of thiophene rings is 1. The number of benzene rings is 2. The summed E-state index contributed by atoms with van der Waals surface area (Å²) in [5.41, 5.74) is 6.05. The molecule has 0 aliphatic heterocycles. The van der Waals surface area contributed by atoms with Gasteiger partial charge >= 0.3 is 0 Å². The smallest absolute Gasteiger partial charge is 0.276 e. The van der Waals surface area contributed by atoms with Gasteiger partial charge in [0.2, 0.25) is 0 Å². The van der Waals surface area contributed by atoms with Crippen molar-refractivity contribution in [2.75, 3.05) is 6.61 Å². The Hall–Kier alpha value is -2.68. The molecule has 1 aromatic heterocycles. The zero-order chi connectivity index (χ0) is 21.7. The van der Waals surface area contributed by atoms with Crippen molar-refractivity contribution in [3.63, 3.8) is 0 Å². The number of fused-ring (bicyclic) bond motifs is 1. The Morgan fingerprint density at radius 1 is 1.10 bits per heavy atom. The number of halogens is 1. The van der Waals surface area contributed by atoms with E-state index in [0.29, 0.717) is 21.6 Å². The lowest BCUT2D eigenvalue weighted by atomic mass is 10.0. The van der Waals surface area contributed by atoms with E-state index < -0.39 is 11.8 Å². The average Bonchev–Trinajstić information content (AvgIpc) is 3.08. The normalized spacial score (nSPS) is 10.7. The number of amides is 2. The van der Waals surface area contributed by atoms with Crippen molar-refractivity contribution in [1.82, 2.24) is 16.2 Å². The highest BCUT2D eigenvalue weighted by molar-refractivity contribution is 7.80. The second-order valence-corrected chi connectivity index (χ2v) is 8.55. The van der Waals surface area contributed by atoms with Gasteiger partial charge in [-0.1, -0.05) is 55.8 Å². The molecule has 1 heterocycles. The summed E-state index contributed by atoms with van der Waals surface area (Å²) in [6.07, 6.45) is 0. The van der Waals surface area contributed by atoms with Gasteiger partial charge in [-0.25, -0.2) is 0 Å². The van der Waals surface area contributed by atoms with Gasteiger partial charge in [0.25, 0.3) is 11.8 Å². The van der Waals surface area contributed by atoms with Crippen molar-refractivity contribution in [1.29, 1.82) is 0 Å². The fourth-order valence-corrected chi connectivity index (χ4v) is 4.17. The molecule has 0 atom stereocenters. The molecule has 30 heavy (non-hydrogen) atoms. The zero-order valence-corrected chi connectivity index (χ0v) is 18.7. The van der Waals surface area contributed by atoms with E-state index in [0.717, 1.165) is 10.1 Å². The summed E-state index contributed by atoms with van der Waals surface area (Å²) in [7, 11) is 0. The number of nitrogens with one attached hydrogen (secondary N) is 3. The van der Waals surface area contributed by atoms with Gasteiger partial charge in [-0.15, -0.1) is 11.3 Å². The molecule has 0 bridgehead atoms. The molecule has 0 fully saturated rings. The maximum Gasteiger partial charge on any atom is 0.276 e. The summed E-state index contributed by atoms with van der Waals surface area (Å²) in [5, 5.41) is 3.62. The lowest BCUT2D eigenvalue weighted by Crippen LogP contribution is -2.49. The molecule has 0 unspecified atom stereocenters. The third-order valence-electron chi connectivity index (χ3n) is 4.20. The van der Waals surface area contributed by atoms with Gasteiger partial charge in [0.15, 0.2) is 11.7 Å². The first-order valence-corrected chi connectivity index (χ1v) is 10.8. The van der Waals surface area contributed by atoms with Crippen LogP contribution in [-0.2, 0) is 4.79 Å². The Morgan fingerprint density at radius 3 is 2.47 bits per heavy atom. The number of thiocarbonyl (C=S) groups is 1. The molecule has 0 aliphatic rings. The molecular formula is C21H20ClN3O3S2. The van der Waals surface area contributed by atoms with E-state index in [9.17, 15) is 9.59 Å². The molecule has 9 heteroatoms. The second kappa shape index (κ2) is 9.88. The summed E-state index contributed by atoms with van der Waals surface area (Å²) in [6, 6.07) is 15.0. The van der Waals surface area contributed by atoms with Crippen LogP contribution in [0.2, 0.25) is 5.02 Å². The third-order valence-corrected chi connectivity index (χ3v) is 6.08. The van der Waals surface area contributed by atoms with Gasteiger partial charge in [-0.3, -0.25) is 25.8 Å². The summed E-state index contributed by atoms with van der Waals surface area (Å²) >= 11 is 12.6. The maximum absolute atomic E-state index is 12.4. The largest absolute Gasteiger partial charge is 0.484 e. The van der Waals surface area contributed by atoms with Crippen LogP contribution in [0.15, 0.2) is 48.5 Å². The highest BCUT2D eigenvalue weighted by Gasteiger charge is 2.18. The number of carbonyl (C=O) groups is 2. The Bertz CT molecular complexity index is 1080. The molecule has 6 nitrogen and oxygen atoms in total. The predicted molar refractivity (Wildman–Crippen MR) is 124 cm³/mol. The minimum absolute atomic E-state index is 0.0526. The highest BCUT2D eigenvalue weighted by atomic mass is 35.5. The van der Waals surface area contributed by atoms with Crippen LogP contribution >= 0.6 is 35.2 Å². The number of hydrazine groups is 1. The summed E-state index contributed by atoms with van der Waals surface area (Å²) in [6.45, 7) is 4.00. The summed E-state index contributed by atoms with van der Waals surface area (Å²) in [5.74, 6) is 0.115. The summed E-state index contributed by atoms with van der Waals surface area (Å²) in [4.78, 5) is 24.7. The minimum atomic E-state index is -0.450. The Kier molecular flexibility index (Phi) is 7.25. The van der Waals surface area contributed by atoms with Crippen LogP contribution in [0, 0.1) is 0 Å². The molecular weight excluding hydrogens is 442 g/mol. The Balaban J connectivity index is 1.46. The van der Waals surface area contributed by atoms with Crippen LogP contribution in [0.1, 0.15) is 35.0 Å². The molecule has 0 radical (unpaired) electrons. The molecule has 2 aromatic carbocycles. The SMILES string of the molecule is CC(C)c1ccc(OCC(=O)NNC(=S)NC(=O)c2sc3ccccc3c2Cl)cc1. The van der Waals surface area contributed by atoms with Crippen LogP contribution in [0.25, 0.3) is 10.1 Å². The van der Waals surface area contributed by atoms with E-state index in [-0.39, 0.29) is 11.7 Å². The topological polar surface area (TPSA) is 79.5 Å². The zero-order valence-electron chi connectivity index (χ0n) is 16.3. The predicted octanol–water partition coefficient (Wildman–Crippen LogP) is 4.39. The molecule has 2 amide bonds. The van der Waals surface area contributed by atoms with Gasteiger partial charge in [-0.05, 0) is 41.9 Å². The van der Waals surface area contributed by atoms with Crippen molar-refractivity contribution in [2.45, 2.75) is 19.8 Å². The quantitative estimate of drug-likeness (QED) is 0.388. The van der Waals surface area contributed by atoms with Gasteiger partial charge in [-0.2, -0.15) is 0 Å². The minimum Gasteiger partial charge on any atom is -0.484 e. The van der Waals surface area contributed by atoms with Crippen molar-refractivity contribution in [3.05, 3.63) is 64.0 Å². The van der Waals surface area contributed by atoms with E-state index in [1.807, 2.05) is 48.5 Å². The van der Waals surface area contributed by atoms with Crippen molar-refractivity contribution in [2.24, 2.45) is 0 Å². The molecule has 156 valence electrons. The molecule has 3 rings (SSSR count). The molecule has 3 N–H and O–H groups in total. The van der Waals surface area contributed by atoms with E-state index in [4.69, 9.17) is 28.6 Å². The van der Waals surface area contributed by atoms with Crippen LogP contribution in [0.4, 0.5) is 0 Å². The first kappa shape index (κ1) is 22.0. The number of rotatable bonds is 5. The van der Waals surface area contributed by atoms with E-state index >= 15 is 0 Å². The fraction of sp³-hybridized carbons (Fsp3) is 0.190. The standard InChI is InChI=1S/C21H20ClN3O3S2/c1-12(2)13-7-9-14(10-8-13)28-11-17(26)24-25-21(29)23-20(27)19-18(22)15-5-3-4-6-16(15)30-19/h3-10,12H,11H2,1-2H3,(H,24,26)(H2,23,25,27,29). The van der Waals surface area contributed by atoms with Crippen molar-refractivity contribution < 1.29 is 14.3 Å². The fourth-order valence-electron chi connectivity index (χ4n) is 2.61. The molecule has 0 saturated heterocycles. The first-order chi connectivity index (χ1) is 14.3. The van der Waals surface area contributed by atoms with E-state index in [2.05, 4.69) is 30.0 Å². The first-order valence-electron chi connectivity index (χ1n) is 9.15. The molecule has 3 aromatic rings. The number of ether oxygens (including phenoxy) is 1. The maximum atomic E-state index is 12.4. The Labute approximate surface area is 188 Å². The Morgan fingerprint density at radius 2 is 1.80 bits per heavy atom. The van der Waals surface area contributed by atoms with Crippen LogP contribution in [0.5, 0.6) is 5.75 Å². The van der Waals surface area contributed by atoms with Crippen molar-refractivity contribution in [3.8, 4) is 5.75 Å². The second-order valence-electron chi connectivity index (χ2n) is 6.71. The number of hydrogen-bond donors (Lipinski definition) is 3. The van der Waals surface area contributed by atoms with Gasteiger partial charge in [0.05, 0.1) is 5.02 Å². The van der Waals surface area contributed by atoms with Crippen molar-refractivity contribution >= 4 is 62.2 Å². The van der Waals surface area contributed by atoms with E-state index in [1.165, 1.54) is 16.9 Å². The monoisotopic (exact) mass is 461 g/mol. The molecule has 0 spiro atoms. The van der Waals surface area contributed by atoms with Gasteiger partial charge in [0, 0.05) is 10.1 Å². The van der Waals surface area contributed by atoms with Crippen LogP contribution < -0.4 is 20.9 Å². The van der Waals surface area contributed by atoms with Crippen LogP contribution in [-0.4, -0.2) is 23.5 Å². The highest BCUT2D eigenvalue weighted by Crippen LogP contribution is 2.34. The molecule has 0 saturated carbocycles. The van der Waals surface area contributed by atoms with Gasteiger partial charge in [0.1, 0.15) is 10.6 Å².